The van der Waals surface area contributed by atoms with Crippen molar-refractivity contribution in [2.45, 2.75) is 37.8 Å². The van der Waals surface area contributed by atoms with Gasteiger partial charge in [0.25, 0.3) is 11.8 Å². The highest BCUT2D eigenvalue weighted by atomic mass is 32.1. The molecule has 1 saturated carbocycles. The van der Waals surface area contributed by atoms with Crippen LogP contribution in [0.5, 0.6) is 0 Å². The molecule has 0 unspecified atom stereocenters. The van der Waals surface area contributed by atoms with Crippen molar-refractivity contribution in [2.75, 3.05) is 0 Å². The van der Waals surface area contributed by atoms with Crippen molar-refractivity contribution < 1.29 is 9.59 Å². The van der Waals surface area contributed by atoms with Gasteiger partial charge in [0.05, 0.1) is 0 Å². The molecule has 2 aromatic rings. The van der Waals surface area contributed by atoms with Crippen LogP contribution in [0.2, 0.25) is 0 Å². The van der Waals surface area contributed by atoms with Gasteiger partial charge in [-0.1, -0.05) is 0 Å². The number of hydrogen-bond donors (Lipinski definition) is 2. The van der Waals surface area contributed by atoms with E-state index in [9.17, 15) is 9.59 Å². The Morgan fingerprint density at radius 1 is 0.818 bits per heavy atom. The molecule has 6 heteroatoms. The van der Waals surface area contributed by atoms with Crippen LogP contribution >= 0.6 is 22.7 Å². The van der Waals surface area contributed by atoms with Gasteiger partial charge in [0, 0.05) is 34.0 Å². The molecule has 2 amide bonds. The van der Waals surface area contributed by atoms with Crippen LogP contribution in [0.1, 0.15) is 46.4 Å². The van der Waals surface area contributed by atoms with Crippen molar-refractivity contribution in [3.8, 4) is 0 Å². The maximum absolute atomic E-state index is 12.0. The first kappa shape index (κ1) is 15.2. The van der Waals surface area contributed by atoms with Crippen LogP contribution in [0.4, 0.5) is 0 Å². The van der Waals surface area contributed by atoms with Crippen LogP contribution in [0, 0.1) is 0 Å². The van der Waals surface area contributed by atoms with E-state index in [-0.39, 0.29) is 23.9 Å². The minimum atomic E-state index is 0.00649. The normalized spacial score (nSPS) is 21.3. The molecule has 3 rings (SSSR count). The predicted molar refractivity (Wildman–Crippen MR) is 89.6 cm³/mol. The topological polar surface area (TPSA) is 58.2 Å². The fourth-order valence-corrected chi connectivity index (χ4v) is 3.98. The van der Waals surface area contributed by atoms with Gasteiger partial charge in [0.2, 0.25) is 0 Å². The first-order valence-corrected chi connectivity index (χ1v) is 9.27. The van der Waals surface area contributed by atoms with Crippen LogP contribution in [0.15, 0.2) is 33.7 Å². The number of nitrogens with one attached hydrogen (secondary N) is 2. The van der Waals surface area contributed by atoms with Crippen LogP contribution in [-0.2, 0) is 0 Å². The summed E-state index contributed by atoms with van der Waals surface area (Å²) in [7, 11) is 0. The number of rotatable bonds is 4. The van der Waals surface area contributed by atoms with Gasteiger partial charge in [-0.15, -0.1) is 0 Å². The second-order valence-electron chi connectivity index (χ2n) is 5.52. The fraction of sp³-hybridized carbons (Fsp3) is 0.375. The van der Waals surface area contributed by atoms with E-state index in [2.05, 4.69) is 10.6 Å². The van der Waals surface area contributed by atoms with Crippen LogP contribution < -0.4 is 10.6 Å². The van der Waals surface area contributed by atoms with Gasteiger partial charge in [-0.3, -0.25) is 9.59 Å². The lowest BCUT2D eigenvalue weighted by molar-refractivity contribution is 0.0892. The molecule has 1 aliphatic carbocycles. The highest BCUT2D eigenvalue weighted by Crippen LogP contribution is 2.20. The van der Waals surface area contributed by atoms with E-state index in [4.69, 9.17) is 0 Å². The van der Waals surface area contributed by atoms with Crippen molar-refractivity contribution in [1.29, 1.82) is 0 Å². The van der Waals surface area contributed by atoms with Gasteiger partial charge in [0.1, 0.15) is 0 Å². The molecular formula is C16H18N2O2S2. The fourth-order valence-electron chi connectivity index (χ4n) is 2.71. The third-order valence-electron chi connectivity index (χ3n) is 3.96. The molecule has 4 nitrogen and oxygen atoms in total. The Morgan fingerprint density at radius 2 is 1.23 bits per heavy atom. The molecule has 2 heterocycles. The van der Waals surface area contributed by atoms with E-state index < -0.39 is 0 Å². The van der Waals surface area contributed by atoms with E-state index in [1.807, 2.05) is 33.7 Å². The summed E-state index contributed by atoms with van der Waals surface area (Å²) >= 11 is 3.06. The Labute approximate surface area is 137 Å². The lowest BCUT2D eigenvalue weighted by Crippen LogP contribution is -2.43. The molecule has 0 radical (unpaired) electrons. The van der Waals surface area contributed by atoms with E-state index in [1.165, 1.54) is 22.7 Å². The van der Waals surface area contributed by atoms with Crippen molar-refractivity contribution in [3.63, 3.8) is 0 Å². The lowest BCUT2D eigenvalue weighted by Gasteiger charge is -2.29. The first-order chi connectivity index (χ1) is 10.7. The predicted octanol–water partition coefficient (Wildman–Crippen LogP) is 3.28. The molecule has 22 heavy (non-hydrogen) atoms. The summed E-state index contributed by atoms with van der Waals surface area (Å²) in [5, 5.41) is 13.7. The smallest absolute Gasteiger partial charge is 0.252 e. The Bertz CT molecular complexity index is 558. The molecule has 0 spiro atoms. The van der Waals surface area contributed by atoms with Crippen LogP contribution in [-0.4, -0.2) is 23.9 Å². The zero-order chi connectivity index (χ0) is 15.4. The van der Waals surface area contributed by atoms with Gasteiger partial charge in [-0.2, -0.15) is 22.7 Å². The van der Waals surface area contributed by atoms with Gasteiger partial charge >= 0.3 is 0 Å². The minimum absolute atomic E-state index is 0.00649. The lowest BCUT2D eigenvalue weighted by atomic mass is 9.91. The van der Waals surface area contributed by atoms with Gasteiger partial charge in [0.15, 0.2) is 0 Å². The van der Waals surface area contributed by atoms with Crippen LogP contribution in [0.3, 0.4) is 0 Å². The summed E-state index contributed by atoms with van der Waals surface area (Å²) in [4.78, 5) is 24.0. The third kappa shape index (κ3) is 3.75. The summed E-state index contributed by atoms with van der Waals surface area (Å²) in [6.45, 7) is 0. The maximum Gasteiger partial charge on any atom is 0.252 e. The molecule has 1 aliphatic rings. The van der Waals surface area contributed by atoms with Gasteiger partial charge in [-0.05, 0) is 48.6 Å². The molecule has 0 aliphatic heterocycles. The van der Waals surface area contributed by atoms with E-state index in [0.717, 1.165) is 36.8 Å². The van der Waals surface area contributed by atoms with E-state index >= 15 is 0 Å². The number of amides is 2. The molecule has 2 N–H and O–H groups in total. The SMILES string of the molecule is O=C(NC1CCC(NC(=O)c2ccsc2)CC1)c1ccsc1. The largest absolute Gasteiger partial charge is 0.349 e. The highest BCUT2D eigenvalue weighted by molar-refractivity contribution is 7.08. The Hall–Kier alpha value is -1.66. The van der Waals surface area contributed by atoms with Crippen molar-refractivity contribution in [2.24, 2.45) is 0 Å². The van der Waals surface area contributed by atoms with Crippen molar-refractivity contribution >= 4 is 34.5 Å². The summed E-state index contributed by atoms with van der Waals surface area (Å²) in [6.07, 6.45) is 3.63. The summed E-state index contributed by atoms with van der Waals surface area (Å²) in [5.74, 6) is 0.0130. The van der Waals surface area contributed by atoms with Gasteiger partial charge in [-0.25, -0.2) is 0 Å². The molecular weight excluding hydrogens is 316 g/mol. The number of hydrogen-bond acceptors (Lipinski definition) is 4. The second kappa shape index (κ2) is 7.07. The summed E-state index contributed by atoms with van der Waals surface area (Å²) in [6, 6.07) is 4.10. The Balaban J connectivity index is 1.44. The number of carbonyl (C=O) groups excluding carboxylic acids is 2. The Morgan fingerprint density at radius 3 is 1.55 bits per heavy atom. The summed E-state index contributed by atoms with van der Waals surface area (Å²) in [5.41, 5.74) is 1.47. The van der Waals surface area contributed by atoms with Crippen molar-refractivity contribution in [1.82, 2.24) is 10.6 Å². The zero-order valence-corrected chi connectivity index (χ0v) is 13.7. The zero-order valence-electron chi connectivity index (χ0n) is 12.1. The third-order valence-corrected chi connectivity index (χ3v) is 5.33. The van der Waals surface area contributed by atoms with Gasteiger partial charge < -0.3 is 10.6 Å². The van der Waals surface area contributed by atoms with Crippen molar-refractivity contribution in [3.05, 3.63) is 44.8 Å². The summed E-state index contributed by atoms with van der Waals surface area (Å²) < 4.78 is 0. The van der Waals surface area contributed by atoms with Crippen LogP contribution in [0.25, 0.3) is 0 Å². The van der Waals surface area contributed by atoms with E-state index in [0.29, 0.717) is 0 Å². The minimum Gasteiger partial charge on any atom is -0.349 e. The molecule has 0 aromatic carbocycles. The average molecular weight is 334 g/mol. The molecule has 2 aromatic heterocycles. The maximum atomic E-state index is 12.0. The molecule has 0 bridgehead atoms. The standard InChI is InChI=1S/C16H18N2O2S2/c19-15(11-5-7-21-9-11)17-13-1-2-14(4-3-13)18-16(20)12-6-8-22-10-12/h5-10,13-14H,1-4H2,(H,17,19)(H,18,20). The number of thiophene rings is 2. The second-order valence-corrected chi connectivity index (χ2v) is 7.08. The Kier molecular flexibility index (Phi) is 4.90. The molecule has 116 valence electrons. The molecule has 0 saturated heterocycles. The molecule has 0 atom stereocenters. The molecule has 1 fully saturated rings. The van der Waals surface area contributed by atoms with E-state index in [1.54, 1.807) is 0 Å². The quantitative estimate of drug-likeness (QED) is 0.901. The average Bonchev–Trinajstić information content (AvgIpc) is 3.23. The highest BCUT2D eigenvalue weighted by Gasteiger charge is 2.24. The number of carbonyl (C=O) groups is 2. The monoisotopic (exact) mass is 334 g/mol. The first-order valence-electron chi connectivity index (χ1n) is 7.38.